The second-order valence-corrected chi connectivity index (χ2v) is 20.0. The minimum atomic E-state index is 0.977. The van der Waals surface area contributed by atoms with E-state index < -0.39 is 0 Å². The second kappa shape index (κ2) is 22.5. The average Bonchev–Trinajstić information content (AvgIpc) is 3.55. The zero-order chi connectivity index (χ0) is 52.6. The van der Waals surface area contributed by atoms with E-state index in [0.29, 0.717) is 0 Å². The number of benzene rings is 11. The van der Waals surface area contributed by atoms with Gasteiger partial charge in [0.1, 0.15) is 0 Å². The fraction of sp³-hybridized carbons (Fsp3) is 0.0541. The van der Waals surface area contributed by atoms with E-state index >= 15 is 0 Å². The SMILES string of the molecule is CC1=CC=C(N(c2ccc(-c3ccc(N(c4ccccc4)c4ccccc4)cc3)cc2)c2ccc(-c3ccc(N(c4ccc(C)cc4)c4ccc(-c5ccc(N(c6ccccc6)c6ccccc6)cc5)cc4)cc3)cc2)CC1. The maximum atomic E-state index is 2.42. The summed E-state index contributed by atoms with van der Waals surface area (Å²) in [6, 6.07) is 105. The predicted molar refractivity (Wildman–Crippen MR) is 331 cm³/mol. The van der Waals surface area contributed by atoms with Gasteiger partial charge in [-0.1, -0.05) is 175 Å². The second-order valence-electron chi connectivity index (χ2n) is 20.0. The molecule has 376 valence electrons. The molecule has 0 aromatic heterocycles. The van der Waals surface area contributed by atoms with Crippen molar-refractivity contribution in [2.45, 2.75) is 26.7 Å². The van der Waals surface area contributed by atoms with Crippen LogP contribution in [-0.4, -0.2) is 0 Å². The highest BCUT2D eigenvalue weighted by molar-refractivity contribution is 5.83. The van der Waals surface area contributed by atoms with Crippen molar-refractivity contribution in [1.82, 2.24) is 0 Å². The van der Waals surface area contributed by atoms with Crippen LogP contribution >= 0.6 is 0 Å². The van der Waals surface area contributed by atoms with Gasteiger partial charge < -0.3 is 19.6 Å². The number of anilines is 11. The Morgan fingerprint density at radius 1 is 0.205 bits per heavy atom. The molecule has 1 aliphatic rings. The Bertz CT molecular complexity index is 3700. The van der Waals surface area contributed by atoms with Crippen LogP contribution in [-0.2, 0) is 0 Å². The van der Waals surface area contributed by atoms with Crippen LogP contribution in [0.4, 0.5) is 62.6 Å². The molecule has 12 rings (SSSR count). The summed E-state index contributed by atoms with van der Waals surface area (Å²) in [5.74, 6) is 0. The molecule has 0 aliphatic heterocycles. The summed E-state index contributed by atoms with van der Waals surface area (Å²) in [6.45, 7) is 4.36. The molecule has 11 aromatic rings. The van der Waals surface area contributed by atoms with Crippen LogP contribution in [0.2, 0.25) is 0 Å². The van der Waals surface area contributed by atoms with E-state index in [2.05, 4.69) is 337 Å². The van der Waals surface area contributed by atoms with Gasteiger partial charge in [0.15, 0.2) is 0 Å². The standard InChI is InChI=1S/C74H60N4/c1-55-23-39-67(40-24-55)77(71-47-31-59(32-48-71)57-27-43-69(44-28-57)75(63-15-7-3-8-16-63)64-17-9-4-10-18-64)73-51-35-61(36-52-73)62-37-53-74(54-38-62)78(68-41-25-56(2)26-42-68)72-49-33-60(34-50-72)58-29-45-70(46-30-58)76(65-19-11-5-12-20-65)66-21-13-6-14-22-66/h3-25,27-41,43-54H,26,42H2,1-2H3. The van der Waals surface area contributed by atoms with Gasteiger partial charge in [-0.05, 0) is 200 Å². The van der Waals surface area contributed by atoms with Gasteiger partial charge >= 0.3 is 0 Å². The van der Waals surface area contributed by atoms with Crippen LogP contribution in [0.15, 0.2) is 315 Å². The van der Waals surface area contributed by atoms with Crippen molar-refractivity contribution >= 4 is 62.6 Å². The Kier molecular flexibility index (Phi) is 14.1. The van der Waals surface area contributed by atoms with Gasteiger partial charge in [0.2, 0.25) is 0 Å². The Balaban J connectivity index is 0.783. The fourth-order valence-electron chi connectivity index (χ4n) is 10.6. The van der Waals surface area contributed by atoms with Crippen LogP contribution in [0.1, 0.15) is 25.3 Å². The highest BCUT2D eigenvalue weighted by Crippen LogP contribution is 2.42. The molecular weight excluding hydrogens is 945 g/mol. The van der Waals surface area contributed by atoms with Crippen molar-refractivity contribution in [3.05, 3.63) is 320 Å². The quantitative estimate of drug-likeness (QED) is 0.101. The first-order valence-electron chi connectivity index (χ1n) is 26.9. The van der Waals surface area contributed by atoms with Crippen LogP contribution in [0, 0.1) is 6.92 Å². The molecule has 4 nitrogen and oxygen atoms in total. The van der Waals surface area contributed by atoms with E-state index in [-0.39, 0.29) is 0 Å². The van der Waals surface area contributed by atoms with E-state index in [1.54, 1.807) is 0 Å². The van der Waals surface area contributed by atoms with Gasteiger partial charge in [-0.3, -0.25) is 0 Å². The normalized spacial score (nSPS) is 12.0. The number of hydrogen-bond acceptors (Lipinski definition) is 4. The first-order valence-corrected chi connectivity index (χ1v) is 26.9. The van der Waals surface area contributed by atoms with Crippen molar-refractivity contribution in [3.8, 4) is 33.4 Å². The number of nitrogens with zero attached hydrogens (tertiary/aromatic N) is 4. The number of hydrogen-bond donors (Lipinski definition) is 0. The summed E-state index contributed by atoms with van der Waals surface area (Å²) in [5.41, 5.74) is 23.3. The van der Waals surface area contributed by atoms with Gasteiger partial charge in [0.25, 0.3) is 0 Å². The van der Waals surface area contributed by atoms with E-state index in [1.807, 2.05) is 0 Å². The Hall–Kier alpha value is -9.90. The van der Waals surface area contributed by atoms with E-state index in [4.69, 9.17) is 0 Å². The van der Waals surface area contributed by atoms with Crippen molar-refractivity contribution < 1.29 is 0 Å². The van der Waals surface area contributed by atoms with E-state index in [1.165, 1.54) is 44.7 Å². The first-order chi connectivity index (χ1) is 38.5. The predicted octanol–water partition coefficient (Wildman–Crippen LogP) is 21.2. The lowest BCUT2D eigenvalue weighted by Crippen LogP contribution is -2.17. The molecule has 4 heteroatoms. The van der Waals surface area contributed by atoms with Crippen LogP contribution < -0.4 is 19.6 Å². The van der Waals surface area contributed by atoms with Crippen LogP contribution in [0.25, 0.3) is 33.4 Å². The summed E-state index contributed by atoms with van der Waals surface area (Å²) in [5, 5.41) is 0. The molecule has 0 radical (unpaired) electrons. The topological polar surface area (TPSA) is 13.0 Å². The molecule has 78 heavy (non-hydrogen) atoms. The third-order valence-electron chi connectivity index (χ3n) is 14.7. The maximum absolute atomic E-state index is 2.42. The first kappa shape index (κ1) is 49.0. The smallest absolute Gasteiger partial charge is 0.0462 e. The molecule has 0 heterocycles. The third kappa shape index (κ3) is 10.7. The summed E-state index contributed by atoms with van der Waals surface area (Å²) in [4.78, 5) is 9.36. The molecule has 0 saturated heterocycles. The van der Waals surface area contributed by atoms with E-state index in [0.717, 1.165) is 81.0 Å². The average molecular weight is 1010 g/mol. The van der Waals surface area contributed by atoms with Crippen molar-refractivity contribution in [2.24, 2.45) is 0 Å². The van der Waals surface area contributed by atoms with E-state index in [9.17, 15) is 0 Å². The molecule has 0 fully saturated rings. The zero-order valence-corrected chi connectivity index (χ0v) is 44.1. The van der Waals surface area contributed by atoms with Crippen LogP contribution in [0.3, 0.4) is 0 Å². The summed E-state index contributed by atoms with van der Waals surface area (Å²) >= 11 is 0. The molecule has 0 spiro atoms. The molecule has 0 bridgehead atoms. The van der Waals surface area contributed by atoms with Gasteiger partial charge in [-0.25, -0.2) is 0 Å². The lowest BCUT2D eigenvalue weighted by atomic mass is 10.00. The number of rotatable bonds is 15. The fourth-order valence-corrected chi connectivity index (χ4v) is 10.6. The lowest BCUT2D eigenvalue weighted by Gasteiger charge is -2.30. The minimum Gasteiger partial charge on any atom is -0.314 e. The summed E-state index contributed by atoms with van der Waals surface area (Å²) < 4.78 is 0. The number of allylic oxidation sites excluding steroid dienone is 4. The molecule has 0 N–H and O–H groups in total. The highest BCUT2D eigenvalue weighted by Gasteiger charge is 2.20. The van der Waals surface area contributed by atoms with Crippen molar-refractivity contribution in [1.29, 1.82) is 0 Å². The monoisotopic (exact) mass is 1000 g/mol. The third-order valence-corrected chi connectivity index (χ3v) is 14.7. The van der Waals surface area contributed by atoms with Gasteiger partial charge in [-0.2, -0.15) is 0 Å². The summed E-state index contributed by atoms with van der Waals surface area (Å²) in [6.07, 6.45) is 6.58. The summed E-state index contributed by atoms with van der Waals surface area (Å²) in [7, 11) is 0. The van der Waals surface area contributed by atoms with Crippen molar-refractivity contribution in [3.63, 3.8) is 0 Å². The molecule has 11 aromatic carbocycles. The van der Waals surface area contributed by atoms with Gasteiger partial charge in [-0.15, -0.1) is 0 Å². The molecule has 0 unspecified atom stereocenters. The molecule has 1 aliphatic carbocycles. The maximum Gasteiger partial charge on any atom is 0.0462 e. The largest absolute Gasteiger partial charge is 0.314 e. The zero-order valence-electron chi connectivity index (χ0n) is 44.1. The minimum absolute atomic E-state index is 0.977. The molecule has 0 atom stereocenters. The highest BCUT2D eigenvalue weighted by atomic mass is 15.2. The Morgan fingerprint density at radius 3 is 0.654 bits per heavy atom. The molecular formula is C74H60N4. The Labute approximate surface area is 460 Å². The Morgan fingerprint density at radius 2 is 0.423 bits per heavy atom. The van der Waals surface area contributed by atoms with Gasteiger partial charge in [0, 0.05) is 68.3 Å². The van der Waals surface area contributed by atoms with Gasteiger partial charge in [0.05, 0.1) is 0 Å². The lowest BCUT2D eigenvalue weighted by molar-refractivity contribution is 0.875. The van der Waals surface area contributed by atoms with Crippen molar-refractivity contribution in [2.75, 3.05) is 19.6 Å². The molecule has 0 amide bonds. The number of para-hydroxylation sites is 4. The van der Waals surface area contributed by atoms with Crippen LogP contribution in [0.5, 0.6) is 0 Å². The number of aryl methyl sites for hydroxylation is 1. The molecule has 0 saturated carbocycles.